The largest absolute Gasteiger partial charge is 0.481 e. The van der Waals surface area contributed by atoms with Gasteiger partial charge in [0.2, 0.25) is 0 Å². The summed E-state index contributed by atoms with van der Waals surface area (Å²) in [6.45, 7) is 2.63. The van der Waals surface area contributed by atoms with Crippen molar-refractivity contribution in [1.82, 2.24) is 14.8 Å². The van der Waals surface area contributed by atoms with Crippen molar-refractivity contribution in [3.63, 3.8) is 0 Å². The molecule has 2 heterocycles. The lowest BCUT2D eigenvalue weighted by atomic mass is 10.2. The highest BCUT2D eigenvalue weighted by molar-refractivity contribution is 5.94. The van der Waals surface area contributed by atoms with Crippen LogP contribution in [0.1, 0.15) is 37.6 Å². The van der Waals surface area contributed by atoms with E-state index in [-0.39, 0.29) is 5.91 Å². The number of benzene rings is 2. The monoisotopic (exact) mass is 401 g/mol. The first-order valence-corrected chi connectivity index (χ1v) is 10.1. The van der Waals surface area contributed by atoms with Gasteiger partial charge in [-0.25, -0.2) is 0 Å². The number of carbonyl (C=O) groups excluding carboxylic acids is 1. The van der Waals surface area contributed by atoms with Crippen molar-refractivity contribution in [3.05, 3.63) is 59.9 Å². The number of carbonyl (C=O) groups is 1. The van der Waals surface area contributed by atoms with Gasteiger partial charge in [0, 0.05) is 24.2 Å². The normalized spacial score (nSPS) is 14.1. The molecule has 1 aromatic heterocycles. The lowest BCUT2D eigenvalue weighted by Gasteiger charge is -2.15. The maximum Gasteiger partial charge on any atom is 0.265 e. The molecular weight excluding hydrogens is 378 g/mol. The van der Waals surface area contributed by atoms with Crippen LogP contribution in [0.3, 0.4) is 0 Å². The van der Waals surface area contributed by atoms with Crippen LogP contribution in [0, 0.1) is 11.3 Å². The van der Waals surface area contributed by atoms with Crippen LogP contribution in [0.2, 0.25) is 0 Å². The van der Waals surface area contributed by atoms with Crippen molar-refractivity contribution in [2.24, 2.45) is 0 Å². The smallest absolute Gasteiger partial charge is 0.265 e. The van der Waals surface area contributed by atoms with Gasteiger partial charge < -0.3 is 14.6 Å². The van der Waals surface area contributed by atoms with E-state index in [0.29, 0.717) is 17.0 Å². The molecule has 1 aliphatic rings. The van der Waals surface area contributed by atoms with Crippen LogP contribution in [0.25, 0.3) is 11.4 Å². The highest BCUT2D eigenvalue weighted by atomic mass is 16.5. The minimum atomic E-state index is -0.676. The predicted molar refractivity (Wildman–Crippen MR) is 113 cm³/mol. The fraction of sp³-hybridized carbons (Fsp3) is 0.304. The van der Waals surface area contributed by atoms with E-state index < -0.39 is 6.10 Å². The van der Waals surface area contributed by atoms with Gasteiger partial charge in [0.15, 0.2) is 11.9 Å². The van der Waals surface area contributed by atoms with E-state index in [1.54, 1.807) is 31.2 Å². The van der Waals surface area contributed by atoms with Crippen LogP contribution in [0.4, 0.5) is 5.69 Å². The lowest BCUT2D eigenvalue weighted by molar-refractivity contribution is -0.122. The van der Waals surface area contributed by atoms with Gasteiger partial charge in [0.1, 0.15) is 11.6 Å². The first-order valence-electron chi connectivity index (χ1n) is 10.1. The first kappa shape index (κ1) is 19.6. The van der Waals surface area contributed by atoms with Crippen LogP contribution in [0.15, 0.2) is 48.5 Å². The van der Waals surface area contributed by atoms with Gasteiger partial charge in [-0.1, -0.05) is 6.42 Å². The minimum absolute atomic E-state index is 0.247. The van der Waals surface area contributed by atoms with Gasteiger partial charge in [0.25, 0.3) is 5.91 Å². The highest BCUT2D eigenvalue weighted by Gasteiger charge is 2.17. The third kappa shape index (κ3) is 4.33. The molecule has 4 rings (SSSR count). The Morgan fingerprint density at radius 3 is 2.60 bits per heavy atom. The molecule has 30 heavy (non-hydrogen) atoms. The van der Waals surface area contributed by atoms with Crippen LogP contribution in [0.5, 0.6) is 5.75 Å². The Morgan fingerprint density at radius 2 is 1.87 bits per heavy atom. The zero-order valence-corrected chi connectivity index (χ0v) is 16.8. The Hall–Kier alpha value is -3.66. The van der Waals surface area contributed by atoms with Gasteiger partial charge in [0.05, 0.1) is 11.6 Å². The Bertz CT molecular complexity index is 1060. The number of nitrogens with one attached hydrogen (secondary N) is 1. The molecule has 0 fully saturated rings. The molecule has 0 saturated carbocycles. The summed E-state index contributed by atoms with van der Waals surface area (Å²) < 4.78 is 7.86. The predicted octanol–water partition coefficient (Wildman–Crippen LogP) is 3.95. The number of nitriles is 1. The van der Waals surface area contributed by atoms with Crippen LogP contribution >= 0.6 is 0 Å². The second-order valence-corrected chi connectivity index (χ2v) is 7.36. The number of hydrogen-bond acceptors (Lipinski definition) is 5. The van der Waals surface area contributed by atoms with Crippen LogP contribution in [-0.2, 0) is 17.8 Å². The number of aromatic nitrogens is 3. The van der Waals surface area contributed by atoms with E-state index in [1.807, 2.05) is 24.3 Å². The molecular formula is C23H23N5O2. The number of aryl methyl sites for hydroxylation is 1. The zero-order chi connectivity index (χ0) is 20.9. The number of amides is 1. The Kier molecular flexibility index (Phi) is 5.75. The molecule has 1 N–H and O–H groups in total. The Morgan fingerprint density at radius 1 is 1.10 bits per heavy atom. The summed E-state index contributed by atoms with van der Waals surface area (Å²) in [6.07, 6.45) is 3.81. The molecule has 0 bridgehead atoms. The molecule has 2 aromatic carbocycles. The van der Waals surface area contributed by atoms with E-state index in [9.17, 15) is 4.79 Å². The number of fused-ring (bicyclic) bond motifs is 1. The summed E-state index contributed by atoms with van der Waals surface area (Å²) in [6, 6.07) is 16.3. The average Bonchev–Trinajstić information content (AvgIpc) is 3.02. The molecule has 0 saturated heterocycles. The standard InChI is InChI=1S/C23H23N5O2/c1-16(30-20-12-6-17(15-24)7-13-20)23(29)25-19-10-8-18(9-11-19)22-27-26-21-5-3-2-4-14-28(21)22/h6-13,16H,2-5,14H2,1H3,(H,25,29). The number of nitrogens with zero attached hydrogens (tertiary/aromatic N) is 4. The number of hydrogen-bond donors (Lipinski definition) is 1. The summed E-state index contributed by atoms with van der Waals surface area (Å²) in [7, 11) is 0. The molecule has 1 atom stereocenters. The third-order valence-electron chi connectivity index (χ3n) is 5.19. The molecule has 0 aliphatic carbocycles. The molecule has 7 heteroatoms. The van der Waals surface area contributed by atoms with Gasteiger partial charge in [-0.2, -0.15) is 5.26 Å². The van der Waals surface area contributed by atoms with Gasteiger partial charge in [-0.05, 0) is 68.3 Å². The van der Waals surface area contributed by atoms with Gasteiger partial charge in [-0.15, -0.1) is 10.2 Å². The maximum absolute atomic E-state index is 12.5. The Labute approximate surface area is 175 Å². The average molecular weight is 401 g/mol. The number of ether oxygens (including phenoxy) is 1. The van der Waals surface area contributed by atoms with E-state index in [4.69, 9.17) is 10.00 Å². The van der Waals surface area contributed by atoms with Crippen molar-refractivity contribution in [2.45, 2.75) is 45.3 Å². The molecule has 1 amide bonds. The topological polar surface area (TPSA) is 92.8 Å². The molecule has 1 aliphatic heterocycles. The minimum Gasteiger partial charge on any atom is -0.481 e. The SMILES string of the molecule is CC(Oc1ccc(C#N)cc1)C(=O)Nc1ccc(-c2nnc3n2CCCCC3)cc1. The third-order valence-corrected chi connectivity index (χ3v) is 5.19. The second-order valence-electron chi connectivity index (χ2n) is 7.36. The summed E-state index contributed by atoms with van der Waals surface area (Å²) >= 11 is 0. The fourth-order valence-electron chi connectivity index (χ4n) is 3.51. The molecule has 7 nitrogen and oxygen atoms in total. The zero-order valence-electron chi connectivity index (χ0n) is 16.8. The van der Waals surface area contributed by atoms with E-state index in [2.05, 4.69) is 26.2 Å². The second kappa shape index (κ2) is 8.78. The fourth-order valence-corrected chi connectivity index (χ4v) is 3.51. The van der Waals surface area contributed by atoms with Crippen LogP contribution < -0.4 is 10.1 Å². The molecule has 0 radical (unpaired) electrons. The molecule has 3 aromatic rings. The van der Waals surface area contributed by atoms with E-state index in [1.165, 1.54) is 6.42 Å². The van der Waals surface area contributed by atoms with Crippen molar-refractivity contribution in [2.75, 3.05) is 5.32 Å². The summed E-state index contributed by atoms with van der Waals surface area (Å²) in [5, 5.41) is 20.4. The molecule has 0 spiro atoms. The first-order chi connectivity index (χ1) is 14.6. The van der Waals surface area contributed by atoms with Crippen molar-refractivity contribution in [1.29, 1.82) is 5.26 Å². The summed E-state index contributed by atoms with van der Waals surface area (Å²) in [5.41, 5.74) is 2.22. The van der Waals surface area contributed by atoms with Crippen molar-refractivity contribution >= 4 is 11.6 Å². The maximum atomic E-state index is 12.5. The van der Waals surface area contributed by atoms with Gasteiger partial charge >= 0.3 is 0 Å². The summed E-state index contributed by atoms with van der Waals surface area (Å²) in [4.78, 5) is 12.5. The van der Waals surface area contributed by atoms with Gasteiger partial charge in [-0.3, -0.25) is 4.79 Å². The highest BCUT2D eigenvalue weighted by Crippen LogP contribution is 2.24. The molecule has 152 valence electrons. The van der Waals surface area contributed by atoms with E-state index >= 15 is 0 Å². The molecule has 1 unspecified atom stereocenters. The van der Waals surface area contributed by atoms with Crippen LogP contribution in [-0.4, -0.2) is 26.8 Å². The Balaban J connectivity index is 1.40. The van der Waals surface area contributed by atoms with Crippen molar-refractivity contribution < 1.29 is 9.53 Å². The quantitative estimate of drug-likeness (QED) is 0.699. The lowest BCUT2D eigenvalue weighted by Crippen LogP contribution is -2.30. The van der Waals surface area contributed by atoms with Crippen molar-refractivity contribution in [3.8, 4) is 23.2 Å². The number of anilines is 1. The summed E-state index contributed by atoms with van der Waals surface area (Å²) in [5.74, 6) is 2.22. The number of rotatable bonds is 5. The van der Waals surface area contributed by atoms with E-state index in [0.717, 1.165) is 43.0 Å².